The zero-order chi connectivity index (χ0) is 13.0. The third-order valence-corrected chi connectivity index (χ3v) is 3.51. The van der Waals surface area contributed by atoms with Crippen LogP contribution < -0.4 is 0 Å². The van der Waals surface area contributed by atoms with Gasteiger partial charge < -0.3 is 9.94 Å². The molecule has 0 bridgehead atoms. The summed E-state index contributed by atoms with van der Waals surface area (Å²) in [7, 11) is 1.95. The van der Waals surface area contributed by atoms with Gasteiger partial charge in [0.1, 0.15) is 0 Å². The second-order valence-electron chi connectivity index (χ2n) is 4.78. The zero-order valence-corrected chi connectivity index (χ0v) is 11.1. The van der Waals surface area contributed by atoms with E-state index in [1.54, 1.807) is 0 Å². The highest BCUT2D eigenvalue weighted by Crippen LogP contribution is 2.20. The minimum absolute atomic E-state index is 0.274. The van der Waals surface area contributed by atoms with Crippen LogP contribution in [0.1, 0.15) is 44.0 Å². The van der Waals surface area contributed by atoms with Crippen molar-refractivity contribution in [2.24, 2.45) is 12.2 Å². The molecule has 0 spiro atoms. The molecule has 1 aromatic rings. The van der Waals surface area contributed by atoms with Gasteiger partial charge in [-0.25, -0.2) is 0 Å². The molecule has 5 nitrogen and oxygen atoms in total. The van der Waals surface area contributed by atoms with Crippen LogP contribution in [0.2, 0.25) is 0 Å². The Morgan fingerprint density at radius 3 is 2.78 bits per heavy atom. The molecule has 0 unspecified atom stereocenters. The summed E-state index contributed by atoms with van der Waals surface area (Å²) in [6, 6.07) is 2.10. The molecule has 0 radical (unpaired) electrons. The number of oxime groups is 1. The molecular weight excluding hydrogens is 230 g/mol. The standard InChI is InChI=1S/C13H21N3O2/c1-3-10-8-12(16(2)14-10)9-18-13-6-4-11(15-17)5-7-13/h8,13,17H,3-7,9H2,1-2H3. The molecule has 1 aliphatic rings. The first kappa shape index (κ1) is 13.1. The predicted octanol–water partition coefficient (Wildman–Crippen LogP) is 2.27. The molecule has 5 heteroatoms. The van der Waals surface area contributed by atoms with Crippen molar-refractivity contribution < 1.29 is 9.94 Å². The van der Waals surface area contributed by atoms with Crippen LogP contribution in [0.4, 0.5) is 0 Å². The average molecular weight is 251 g/mol. The lowest BCUT2D eigenvalue weighted by molar-refractivity contribution is 0.0245. The molecule has 1 aliphatic carbocycles. The minimum atomic E-state index is 0.274. The van der Waals surface area contributed by atoms with Crippen LogP contribution in [-0.4, -0.2) is 26.8 Å². The van der Waals surface area contributed by atoms with Crippen LogP contribution >= 0.6 is 0 Å². The quantitative estimate of drug-likeness (QED) is 0.659. The second-order valence-corrected chi connectivity index (χ2v) is 4.78. The molecule has 0 aliphatic heterocycles. The lowest BCUT2D eigenvalue weighted by Gasteiger charge is -2.22. The van der Waals surface area contributed by atoms with Crippen molar-refractivity contribution in [1.82, 2.24) is 9.78 Å². The summed E-state index contributed by atoms with van der Waals surface area (Å²) >= 11 is 0. The van der Waals surface area contributed by atoms with Gasteiger partial charge in [0.15, 0.2) is 0 Å². The monoisotopic (exact) mass is 251 g/mol. The van der Waals surface area contributed by atoms with Crippen molar-refractivity contribution >= 4 is 5.71 Å². The van der Waals surface area contributed by atoms with Gasteiger partial charge in [-0.1, -0.05) is 12.1 Å². The molecule has 1 N–H and O–H groups in total. The van der Waals surface area contributed by atoms with Crippen LogP contribution in [0.25, 0.3) is 0 Å². The SMILES string of the molecule is CCc1cc(COC2CCC(=NO)CC2)n(C)n1. The van der Waals surface area contributed by atoms with Crippen molar-refractivity contribution in [2.45, 2.75) is 51.7 Å². The van der Waals surface area contributed by atoms with Crippen LogP contribution in [0.3, 0.4) is 0 Å². The first-order chi connectivity index (χ1) is 8.72. The summed E-state index contributed by atoms with van der Waals surface area (Å²) in [5.41, 5.74) is 3.12. The lowest BCUT2D eigenvalue weighted by Crippen LogP contribution is -2.22. The number of nitrogens with zero attached hydrogens (tertiary/aromatic N) is 3. The molecule has 18 heavy (non-hydrogen) atoms. The fraction of sp³-hybridized carbons (Fsp3) is 0.692. The van der Waals surface area contributed by atoms with E-state index in [0.717, 1.165) is 49.2 Å². The number of aryl methyl sites for hydroxylation is 2. The molecule has 1 aromatic heterocycles. The molecule has 2 rings (SSSR count). The van der Waals surface area contributed by atoms with E-state index in [1.807, 2.05) is 11.7 Å². The van der Waals surface area contributed by atoms with Gasteiger partial charge in [0.05, 0.1) is 29.8 Å². The van der Waals surface area contributed by atoms with Crippen molar-refractivity contribution in [3.63, 3.8) is 0 Å². The molecule has 1 fully saturated rings. The van der Waals surface area contributed by atoms with E-state index in [0.29, 0.717) is 6.61 Å². The topological polar surface area (TPSA) is 59.6 Å². The minimum Gasteiger partial charge on any atom is -0.411 e. The molecule has 0 amide bonds. The van der Waals surface area contributed by atoms with Gasteiger partial charge in [-0.15, -0.1) is 0 Å². The second kappa shape index (κ2) is 6.00. The van der Waals surface area contributed by atoms with Gasteiger partial charge in [-0.2, -0.15) is 5.10 Å². The Balaban J connectivity index is 1.83. The maximum atomic E-state index is 8.69. The van der Waals surface area contributed by atoms with E-state index in [-0.39, 0.29) is 6.10 Å². The Labute approximate surface area is 107 Å². The van der Waals surface area contributed by atoms with Crippen LogP contribution in [-0.2, 0) is 24.8 Å². The highest BCUT2D eigenvalue weighted by molar-refractivity contribution is 5.84. The van der Waals surface area contributed by atoms with E-state index in [1.165, 1.54) is 0 Å². The average Bonchev–Trinajstić information content (AvgIpc) is 2.77. The van der Waals surface area contributed by atoms with Gasteiger partial charge in [-0.05, 0) is 38.2 Å². The normalized spacial score (nSPS) is 20.1. The van der Waals surface area contributed by atoms with Crippen molar-refractivity contribution in [3.8, 4) is 0 Å². The first-order valence-corrected chi connectivity index (χ1v) is 6.56. The van der Waals surface area contributed by atoms with Crippen LogP contribution in [0.5, 0.6) is 0 Å². The Morgan fingerprint density at radius 2 is 2.22 bits per heavy atom. The summed E-state index contributed by atoms with van der Waals surface area (Å²) < 4.78 is 7.79. The van der Waals surface area contributed by atoms with E-state index in [2.05, 4.69) is 23.2 Å². The summed E-state index contributed by atoms with van der Waals surface area (Å²) in [6.45, 7) is 2.71. The van der Waals surface area contributed by atoms with Gasteiger partial charge in [-0.3, -0.25) is 4.68 Å². The summed E-state index contributed by atoms with van der Waals surface area (Å²) in [5, 5.41) is 16.4. The zero-order valence-electron chi connectivity index (χ0n) is 11.1. The van der Waals surface area contributed by atoms with Gasteiger partial charge in [0.25, 0.3) is 0 Å². The van der Waals surface area contributed by atoms with Crippen LogP contribution in [0.15, 0.2) is 11.2 Å². The molecular formula is C13H21N3O2. The smallest absolute Gasteiger partial charge is 0.0888 e. The molecule has 1 heterocycles. The summed E-state index contributed by atoms with van der Waals surface area (Å²) in [4.78, 5) is 0. The van der Waals surface area contributed by atoms with Gasteiger partial charge in [0, 0.05) is 7.05 Å². The summed E-state index contributed by atoms with van der Waals surface area (Å²) in [6.07, 6.45) is 4.79. The number of rotatable bonds is 4. The Kier molecular flexibility index (Phi) is 4.36. The number of aromatic nitrogens is 2. The van der Waals surface area contributed by atoms with E-state index in [9.17, 15) is 0 Å². The number of hydrogen-bond acceptors (Lipinski definition) is 4. The third-order valence-electron chi connectivity index (χ3n) is 3.51. The number of hydrogen-bond donors (Lipinski definition) is 1. The van der Waals surface area contributed by atoms with Crippen LogP contribution in [0, 0.1) is 0 Å². The van der Waals surface area contributed by atoms with Gasteiger partial charge >= 0.3 is 0 Å². The molecule has 0 saturated heterocycles. The Hall–Kier alpha value is -1.36. The lowest BCUT2D eigenvalue weighted by atomic mass is 9.96. The molecule has 0 aromatic carbocycles. The first-order valence-electron chi connectivity index (χ1n) is 6.56. The maximum absolute atomic E-state index is 8.69. The summed E-state index contributed by atoms with van der Waals surface area (Å²) in [5.74, 6) is 0. The third kappa shape index (κ3) is 3.10. The highest BCUT2D eigenvalue weighted by Gasteiger charge is 2.19. The Morgan fingerprint density at radius 1 is 1.50 bits per heavy atom. The number of ether oxygens (including phenoxy) is 1. The van der Waals surface area contributed by atoms with E-state index < -0.39 is 0 Å². The Bertz CT molecular complexity index is 416. The highest BCUT2D eigenvalue weighted by atomic mass is 16.5. The molecule has 100 valence electrons. The van der Waals surface area contributed by atoms with E-state index in [4.69, 9.17) is 9.94 Å². The van der Waals surface area contributed by atoms with E-state index >= 15 is 0 Å². The maximum Gasteiger partial charge on any atom is 0.0888 e. The fourth-order valence-electron chi connectivity index (χ4n) is 2.27. The van der Waals surface area contributed by atoms with Crippen molar-refractivity contribution in [3.05, 3.63) is 17.5 Å². The predicted molar refractivity (Wildman–Crippen MR) is 68.9 cm³/mol. The van der Waals surface area contributed by atoms with Crippen molar-refractivity contribution in [2.75, 3.05) is 0 Å². The van der Waals surface area contributed by atoms with Gasteiger partial charge in [0.2, 0.25) is 0 Å². The molecule has 1 saturated carbocycles. The molecule has 0 atom stereocenters. The fourth-order valence-corrected chi connectivity index (χ4v) is 2.27. The largest absolute Gasteiger partial charge is 0.411 e. The van der Waals surface area contributed by atoms with Crippen molar-refractivity contribution in [1.29, 1.82) is 0 Å².